The van der Waals surface area contributed by atoms with E-state index in [0.717, 1.165) is 12.2 Å². The first-order valence-corrected chi connectivity index (χ1v) is 8.66. The van der Waals surface area contributed by atoms with E-state index in [1.54, 1.807) is 28.6 Å². The van der Waals surface area contributed by atoms with E-state index in [1.807, 2.05) is 20.1 Å². The van der Waals surface area contributed by atoms with Crippen LogP contribution in [0, 0.1) is 5.92 Å². The smallest absolute Gasteiger partial charge is 0.320 e. The van der Waals surface area contributed by atoms with E-state index in [1.165, 1.54) is 0 Å². The summed E-state index contributed by atoms with van der Waals surface area (Å²) in [4.78, 5) is 27.2. The van der Waals surface area contributed by atoms with Crippen molar-refractivity contribution in [2.75, 3.05) is 38.8 Å². The van der Waals surface area contributed by atoms with Gasteiger partial charge in [-0.2, -0.15) is 11.8 Å². The second-order valence-electron chi connectivity index (χ2n) is 5.36. The predicted octanol–water partition coefficient (Wildman–Crippen LogP) is 1.60. The zero-order chi connectivity index (χ0) is 16.0. The lowest BCUT2D eigenvalue weighted by atomic mass is 10.0. The summed E-state index contributed by atoms with van der Waals surface area (Å²) >= 11 is 1.75. The van der Waals surface area contributed by atoms with Gasteiger partial charge in [0.05, 0.1) is 19.3 Å². The highest BCUT2D eigenvalue weighted by Gasteiger charge is 2.40. The molecule has 1 rings (SSSR count). The number of aliphatic carboxylic acids is 1. The predicted molar refractivity (Wildman–Crippen MR) is 83.7 cm³/mol. The molecule has 0 spiro atoms. The van der Waals surface area contributed by atoms with Crippen molar-refractivity contribution in [3.63, 3.8) is 0 Å². The monoisotopic (exact) mass is 318 g/mol. The van der Waals surface area contributed by atoms with Crippen LogP contribution < -0.4 is 0 Å². The Hall–Kier alpha value is -0.950. The molecule has 0 aromatic rings. The molecule has 3 atom stereocenters. The first-order chi connectivity index (χ1) is 9.93. The molecule has 21 heavy (non-hydrogen) atoms. The molecule has 0 saturated carbocycles. The molecule has 1 aliphatic heterocycles. The van der Waals surface area contributed by atoms with E-state index in [-0.39, 0.29) is 24.7 Å². The Labute approximate surface area is 130 Å². The minimum Gasteiger partial charge on any atom is -0.481 e. The zero-order valence-corrected chi connectivity index (χ0v) is 14.1. The third kappa shape index (κ3) is 4.51. The summed E-state index contributed by atoms with van der Waals surface area (Å²) in [5.74, 6) is -0.541. The van der Waals surface area contributed by atoms with Crippen LogP contribution in [0.1, 0.15) is 20.3 Å². The van der Waals surface area contributed by atoms with Gasteiger partial charge in [0.2, 0.25) is 0 Å². The molecule has 6 nitrogen and oxygen atoms in total. The number of amides is 2. The van der Waals surface area contributed by atoms with Gasteiger partial charge in [0.1, 0.15) is 5.92 Å². The average molecular weight is 318 g/mol. The lowest BCUT2D eigenvalue weighted by Gasteiger charge is -2.35. The van der Waals surface area contributed by atoms with Crippen molar-refractivity contribution < 1.29 is 19.4 Å². The topological polar surface area (TPSA) is 70.1 Å². The number of hydrogen-bond donors (Lipinski definition) is 1. The number of ether oxygens (including phenoxy) is 1. The number of carboxylic acid groups (broad SMARTS) is 1. The highest BCUT2D eigenvalue weighted by Crippen LogP contribution is 2.22. The van der Waals surface area contributed by atoms with Gasteiger partial charge in [0.15, 0.2) is 0 Å². The molecule has 3 unspecified atom stereocenters. The van der Waals surface area contributed by atoms with Crippen LogP contribution in [0.25, 0.3) is 0 Å². The minimum absolute atomic E-state index is 0.118. The molecule has 1 aliphatic rings. The lowest BCUT2D eigenvalue weighted by Crippen LogP contribution is -2.52. The van der Waals surface area contributed by atoms with E-state index in [0.29, 0.717) is 13.2 Å². The third-order valence-corrected chi connectivity index (χ3v) is 4.70. The Morgan fingerprint density at radius 3 is 2.62 bits per heavy atom. The summed E-state index contributed by atoms with van der Waals surface area (Å²) in [7, 11) is 1.78. The molecule has 2 amide bonds. The largest absolute Gasteiger partial charge is 0.481 e. The van der Waals surface area contributed by atoms with Gasteiger partial charge in [0, 0.05) is 19.6 Å². The number of carboxylic acids is 1. The standard InChI is InChI=1S/C14H26N2O4S/c1-5-16(12-9-20-8-11(12)13(17)18)14(19)15(3)10(2)6-7-21-4/h10-12H,5-9H2,1-4H3,(H,17,18). The van der Waals surface area contributed by atoms with Gasteiger partial charge in [-0.05, 0) is 32.3 Å². The fourth-order valence-electron chi connectivity index (χ4n) is 2.47. The molecule has 1 saturated heterocycles. The van der Waals surface area contributed by atoms with Crippen molar-refractivity contribution in [1.29, 1.82) is 0 Å². The molecular weight excluding hydrogens is 292 g/mol. The highest BCUT2D eigenvalue weighted by molar-refractivity contribution is 7.98. The maximum absolute atomic E-state index is 12.6. The Bertz CT molecular complexity index is 367. The van der Waals surface area contributed by atoms with E-state index in [2.05, 4.69) is 0 Å². The maximum Gasteiger partial charge on any atom is 0.320 e. The molecule has 1 heterocycles. The van der Waals surface area contributed by atoms with Crippen LogP contribution >= 0.6 is 11.8 Å². The van der Waals surface area contributed by atoms with Crippen molar-refractivity contribution in [1.82, 2.24) is 9.80 Å². The molecule has 0 aromatic carbocycles. The van der Waals surface area contributed by atoms with Crippen molar-refractivity contribution in [3.05, 3.63) is 0 Å². The molecule has 1 fully saturated rings. The van der Waals surface area contributed by atoms with Gasteiger partial charge in [-0.1, -0.05) is 0 Å². The number of thioether (sulfide) groups is 1. The van der Waals surface area contributed by atoms with Crippen LogP contribution in [0.4, 0.5) is 4.79 Å². The Morgan fingerprint density at radius 2 is 2.10 bits per heavy atom. The summed E-state index contributed by atoms with van der Waals surface area (Å²) in [5.41, 5.74) is 0. The first-order valence-electron chi connectivity index (χ1n) is 7.26. The van der Waals surface area contributed by atoms with Gasteiger partial charge in [0.25, 0.3) is 0 Å². The third-order valence-electron chi connectivity index (χ3n) is 4.06. The Balaban J connectivity index is 2.74. The summed E-state index contributed by atoms with van der Waals surface area (Å²) in [5, 5.41) is 9.24. The molecule has 122 valence electrons. The van der Waals surface area contributed by atoms with E-state index in [4.69, 9.17) is 4.74 Å². The van der Waals surface area contributed by atoms with Crippen LogP contribution in [-0.2, 0) is 9.53 Å². The van der Waals surface area contributed by atoms with Crippen molar-refractivity contribution in [3.8, 4) is 0 Å². The minimum atomic E-state index is -0.901. The van der Waals surface area contributed by atoms with Crippen LogP contribution in [0.2, 0.25) is 0 Å². The summed E-state index contributed by atoms with van der Waals surface area (Å²) < 4.78 is 5.27. The number of urea groups is 1. The molecule has 0 aliphatic carbocycles. The molecule has 7 heteroatoms. The van der Waals surface area contributed by atoms with Crippen LogP contribution in [0.15, 0.2) is 0 Å². The maximum atomic E-state index is 12.6. The van der Waals surface area contributed by atoms with E-state index in [9.17, 15) is 14.7 Å². The Kier molecular flexibility index (Phi) is 7.31. The molecule has 0 bridgehead atoms. The van der Waals surface area contributed by atoms with Crippen LogP contribution in [0.3, 0.4) is 0 Å². The van der Waals surface area contributed by atoms with Gasteiger partial charge < -0.3 is 19.6 Å². The fourth-order valence-corrected chi connectivity index (χ4v) is 3.05. The van der Waals surface area contributed by atoms with E-state index >= 15 is 0 Å². The molecule has 0 radical (unpaired) electrons. The second-order valence-corrected chi connectivity index (χ2v) is 6.35. The van der Waals surface area contributed by atoms with Gasteiger partial charge >= 0.3 is 12.0 Å². The van der Waals surface area contributed by atoms with Crippen molar-refractivity contribution in [2.45, 2.75) is 32.4 Å². The number of likely N-dealkylation sites (N-methyl/N-ethyl adjacent to an activating group) is 1. The average Bonchev–Trinajstić information content (AvgIpc) is 2.94. The molecule has 0 aromatic heterocycles. The summed E-state index contributed by atoms with van der Waals surface area (Å²) in [6, 6.07) is -0.368. The Morgan fingerprint density at radius 1 is 1.43 bits per heavy atom. The quantitative estimate of drug-likeness (QED) is 0.772. The SMILES string of the molecule is CCN(C(=O)N(C)C(C)CCSC)C1COCC1C(=O)O. The summed E-state index contributed by atoms with van der Waals surface area (Å²) in [6.07, 6.45) is 2.96. The highest BCUT2D eigenvalue weighted by atomic mass is 32.2. The summed E-state index contributed by atoms with van der Waals surface area (Å²) in [6.45, 7) is 4.84. The number of carbonyl (C=O) groups excluding carboxylic acids is 1. The van der Waals surface area contributed by atoms with Crippen molar-refractivity contribution >= 4 is 23.8 Å². The van der Waals surface area contributed by atoms with Crippen LogP contribution in [-0.4, -0.2) is 77.8 Å². The molecule has 1 N–H and O–H groups in total. The lowest BCUT2D eigenvalue weighted by molar-refractivity contribution is -0.142. The van der Waals surface area contributed by atoms with E-state index < -0.39 is 11.9 Å². The van der Waals surface area contributed by atoms with Gasteiger partial charge in [-0.15, -0.1) is 0 Å². The number of hydrogen-bond acceptors (Lipinski definition) is 4. The number of carbonyl (C=O) groups is 2. The zero-order valence-electron chi connectivity index (χ0n) is 13.2. The fraction of sp³-hybridized carbons (Fsp3) is 0.857. The number of rotatable bonds is 7. The normalized spacial score (nSPS) is 22.9. The van der Waals surface area contributed by atoms with Gasteiger partial charge in [-0.3, -0.25) is 4.79 Å². The second kappa shape index (κ2) is 8.48. The molecular formula is C14H26N2O4S. The first kappa shape index (κ1) is 18.1. The van der Waals surface area contributed by atoms with Gasteiger partial charge in [-0.25, -0.2) is 4.79 Å². The van der Waals surface area contributed by atoms with Crippen molar-refractivity contribution in [2.24, 2.45) is 5.92 Å². The number of nitrogens with zero attached hydrogens (tertiary/aromatic N) is 2. The van der Waals surface area contributed by atoms with Crippen LogP contribution in [0.5, 0.6) is 0 Å².